The first-order valence-corrected chi connectivity index (χ1v) is 8.23. The van der Waals surface area contributed by atoms with Crippen LogP contribution in [0.5, 0.6) is 0 Å². The summed E-state index contributed by atoms with van der Waals surface area (Å²) < 4.78 is 23.5. The SMILES string of the molecule is I/C(=C/COC1CCCCO1)COC1CCCCO1. The Morgan fingerprint density at radius 2 is 1.63 bits per heavy atom. The lowest BCUT2D eigenvalue weighted by Crippen LogP contribution is -2.23. The summed E-state index contributed by atoms with van der Waals surface area (Å²) >= 11 is 2.29. The van der Waals surface area contributed by atoms with Gasteiger partial charge in [0.25, 0.3) is 0 Å². The zero-order valence-electron chi connectivity index (χ0n) is 11.3. The van der Waals surface area contributed by atoms with Gasteiger partial charge in [0.1, 0.15) is 0 Å². The Bertz CT molecular complexity index is 271. The molecule has 0 aromatic heterocycles. The summed E-state index contributed by atoms with van der Waals surface area (Å²) in [6, 6.07) is 0. The molecule has 0 aliphatic carbocycles. The monoisotopic (exact) mass is 382 g/mol. The maximum atomic E-state index is 5.70. The largest absolute Gasteiger partial charge is 0.353 e. The van der Waals surface area contributed by atoms with Crippen LogP contribution in [0.4, 0.5) is 0 Å². The van der Waals surface area contributed by atoms with Crippen LogP contribution in [0.15, 0.2) is 9.66 Å². The summed E-state index contributed by atoms with van der Waals surface area (Å²) in [5, 5.41) is 0. The third kappa shape index (κ3) is 6.53. The van der Waals surface area contributed by atoms with Crippen LogP contribution >= 0.6 is 22.6 Å². The minimum Gasteiger partial charge on any atom is -0.353 e. The van der Waals surface area contributed by atoms with Gasteiger partial charge in [0.2, 0.25) is 0 Å². The van der Waals surface area contributed by atoms with Crippen molar-refractivity contribution in [2.24, 2.45) is 0 Å². The fraction of sp³-hybridized carbons (Fsp3) is 0.857. The molecule has 0 amide bonds. The van der Waals surface area contributed by atoms with Crippen LogP contribution in [0.25, 0.3) is 0 Å². The second-order valence-corrected chi connectivity index (χ2v) is 6.27. The van der Waals surface area contributed by atoms with Crippen molar-refractivity contribution in [3.8, 4) is 0 Å². The summed E-state index contributed by atoms with van der Waals surface area (Å²) in [5.74, 6) is 0. The minimum atomic E-state index is -0.0190. The molecule has 0 bridgehead atoms. The van der Waals surface area contributed by atoms with Crippen molar-refractivity contribution in [1.82, 2.24) is 0 Å². The molecule has 0 saturated carbocycles. The number of hydrogen-bond acceptors (Lipinski definition) is 4. The van der Waals surface area contributed by atoms with E-state index in [0.717, 1.165) is 42.5 Å². The van der Waals surface area contributed by atoms with Crippen LogP contribution in [-0.2, 0) is 18.9 Å². The summed E-state index contributed by atoms with van der Waals surface area (Å²) in [5.41, 5.74) is 0. The first kappa shape index (κ1) is 15.7. The van der Waals surface area contributed by atoms with Gasteiger partial charge in [-0.05, 0) is 67.2 Å². The van der Waals surface area contributed by atoms with Gasteiger partial charge < -0.3 is 18.9 Å². The van der Waals surface area contributed by atoms with Gasteiger partial charge in [-0.15, -0.1) is 0 Å². The zero-order chi connectivity index (χ0) is 13.3. The van der Waals surface area contributed by atoms with Gasteiger partial charge in [0.05, 0.1) is 13.2 Å². The zero-order valence-corrected chi connectivity index (χ0v) is 13.5. The molecule has 2 heterocycles. The molecule has 0 spiro atoms. The highest BCUT2D eigenvalue weighted by Gasteiger charge is 2.15. The van der Waals surface area contributed by atoms with Gasteiger partial charge in [0.15, 0.2) is 12.6 Å². The van der Waals surface area contributed by atoms with E-state index in [1.807, 2.05) is 0 Å². The molecule has 2 rings (SSSR count). The Balaban J connectivity index is 1.56. The lowest BCUT2D eigenvalue weighted by Gasteiger charge is -2.23. The third-order valence-corrected chi connectivity index (χ3v) is 4.02. The average molecular weight is 382 g/mol. The fourth-order valence-electron chi connectivity index (χ4n) is 2.16. The maximum Gasteiger partial charge on any atom is 0.158 e. The Labute approximate surface area is 128 Å². The van der Waals surface area contributed by atoms with Crippen LogP contribution in [0.3, 0.4) is 0 Å². The normalized spacial score (nSPS) is 29.4. The van der Waals surface area contributed by atoms with Crippen molar-refractivity contribution in [2.75, 3.05) is 26.4 Å². The summed E-state index contributed by atoms with van der Waals surface area (Å²) in [6.07, 6.45) is 8.76. The first-order valence-electron chi connectivity index (χ1n) is 7.15. The smallest absolute Gasteiger partial charge is 0.158 e. The summed E-state index contributed by atoms with van der Waals surface area (Å²) in [4.78, 5) is 0. The molecule has 2 aliphatic heterocycles. The molecular weight excluding hydrogens is 359 g/mol. The number of ether oxygens (including phenoxy) is 4. The number of rotatable bonds is 6. The first-order chi connectivity index (χ1) is 9.34. The molecule has 0 radical (unpaired) electrons. The molecule has 4 nitrogen and oxygen atoms in total. The van der Waals surface area contributed by atoms with E-state index in [-0.39, 0.29) is 12.6 Å². The van der Waals surface area contributed by atoms with E-state index in [9.17, 15) is 0 Å². The van der Waals surface area contributed by atoms with E-state index < -0.39 is 0 Å². The van der Waals surface area contributed by atoms with E-state index >= 15 is 0 Å². The Morgan fingerprint density at radius 3 is 2.21 bits per heavy atom. The van der Waals surface area contributed by atoms with Crippen molar-refractivity contribution < 1.29 is 18.9 Å². The number of hydrogen-bond donors (Lipinski definition) is 0. The van der Waals surface area contributed by atoms with Crippen molar-refractivity contribution in [3.63, 3.8) is 0 Å². The molecule has 0 aromatic carbocycles. The van der Waals surface area contributed by atoms with Crippen molar-refractivity contribution in [3.05, 3.63) is 9.66 Å². The highest BCUT2D eigenvalue weighted by atomic mass is 127. The van der Waals surface area contributed by atoms with E-state index in [1.54, 1.807) is 0 Å². The van der Waals surface area contributed by atoms with E-state index in [4.69, 9.17) is 18.9 Å². The molecule has 2 fully saturated rings. The molecule has 0 aromatic rings. The molecule has 2 aliphatic rings. The molecular formula is C14H23IO4. The number of halogens is 1. The molecule has 5 heteroatoms. The molecule has 19 heavy (non-hydrogen) atoms. The Kier molecular flexibility index (Phi) is 7.67. The Morgan fingerprint density at radius 1 is 1.00 bits per heavy atom. The molecule has 110 valence electrons. The Hall–Kier alpha value is 0.310. The lowest BCUT2D eigenvalue weighted by molar-refractivity contribution is -0.158. The van der Waals surface area contributed by atoms with Gasteiger partial charge in [0, 0.05) is 16.8 Å². The highest BCUT2D eigenvalue weighted by Crippen LogP contribution is 2.17. The average Bonchev–Trinajstić information content (AvgIpc) is 2.47. The second-order valence-electron chi connectivity index (χ2n) is 4.89. The van der Waals surface area contributed by atoms with Gasteiger partial charge in [-0.2, -0.15) is 0 Å². The van der Waals surface area contributed by atoms with Crippen LogP contribution in [0.2, 0.25) is 0 Å². The second kappa shape index (κ2) is 9.28. The van der Waals surface area contributed by atoms with Crippen LogP contribution in [0, 0.1) is 0 Å². The van der Waals surface area contributed by atoms with Gasteiger partial charge in [-0.1, -0.05) is 0 Å². The van der Waals surface area contributed by atoms with Crippen molar-refractivity contribution in [2.45, 2.75) is 51.1 Å². The minimum absolute atomic E-state index is 0.0169. The maximum absolute atomic E-state index is 5.70. The predicted octanol–water partition coefficient (Wildman–Crippen LogP) is 3.39. The van der Waals surface area contributed by atoms with Crippen LogP contribution < -0.4 is 0 Å². The topological polar surface area (TPSA) is 36.9 Å². The van der Waals surface area contributed by atoms with E-state index in [2.05, 4.69) is 28.7 Å². The van der Waals surface area contributed by atoms with Crippen LogP contribution in [0.1, 0.15) is 38.5 Å². The summed E-state index contributed by atoms with van der Waals surface area (Å²) in [6.45, 7) is 2.86. The van der Waals surface area contributed by atoms with Gasteiger partial charge >= 0.3 is 0 Å². The van der Waals surface area contributed by atoms with E-state index in [1.165, 1.54) is 12.8 Å². The quantitative estimate of drug-likeness (QED) is 0.660. The molecule has 0 N–H and O–H groups in total. The molecule has 2 atom stereocenters. The standard InChI is InChI=1S/C14H23IO4/c15-12(11-19-14-6-2-4-9-17-14)7-10-18-13-5-1-3-8-16-13/h7,13-14H,1-6,8-11H2/b12-7+. The lowest BCUT2D eigenvalue weighted by atomic mass is 10.2. The van der Waals surface area contributed by atoms with Crippen LogP contribution in [-0.4, -0.2) is 39.0 Å². The fourth-order valence-corrected chi connectivity index (χ4v) is 2.52. The highest BCUT2D eigenvalue weighted by molar-refractivity contribution is 14.1. The van der Waals surface area contributed by atoms with E-state index in [0.29, 0.717) is 13.2 Å². The third-order valence-electron chi connectivity index (χ3n) is 3.27. The molecule has 2 unspecified atom stereocenters. The molecule has 2 saturated heterocycles. The van der Waals surface area contributed by atoms with Crippen molar-refractivity contribution in [1.29, 1.82) is 0 Å². The summed E-state index contributed by atoms with van der Waals surface area (Å²) in [7, 11) is 0. The van der Waals surface area contributed by atoms with Gasteiger partial charge in [-0.25, -0.2) is 0 Å². The van der Waals surface area contributed by atoms with Crippen molar-refractivity contribution >= 4 is 22.6 Å². The van der Waals surface area contributed by atoms with Gasteiger partial charge in [-0.3, -0.25) is 0 Å². The predicted molar refractivity (Wildman–Crippen MR) is 81.2 cm³/mol.